The Labute approximate surface area is 435 Å². The van der Waals surface area contributed by atoms with Crippen molar-refractivity contribution in [3.63, 3.8) is 0 Å². The van der Waals surface area contributed by atoms with E-state index in [9.17, 15) is 0 Å². The first kappa shape index (κ1) is 43.4. The second-order valence-electron chi connectivity index (χ2n) is 19.3. The summed E-state index contributed by atoms with van der Waals surface area (Å²) in [5.41, 5.74) is 22.9. The minimum absolute atomic E-state index is 1.15. The Morgan fingerprint density at radius 3 is 0.959 bits per heavy atom. The number of rotatable bonds is 9. The van der Waals surface area contributed by atoms with Crippen LogP contribution in [-0.2, 0) is 0 Å². The highest BCUT2D eigenvalue weighted by Crippen LogP contribution is 2.41. The molecule has 0 saturated heterocycles. The summed E-state index contributed by atoms with van der Waals surface area (Å²) < 4.78 is 5.05. The van der Waals surface area contributed by atoms with Crippen LogP contribution >= 0.6 is 11.3 Å². The molecule has 346 valence electrons. The van der Waals surface area contributed by atoms with Crippen molar-refractivity contribution in [2.75, 3.05) is 0 Å². The summed E-state index contributed by atoms with van der Waals surface area (Å²) in [5.74, 6) is 0. The first-order valence-electron chi connectivity index (χ1n) is 25.4. The van der Waals surface area contributed by atoms with Gasteiger partial charge in [-0.05, 0) is 174 Å². The number of nitrogens with zero attached hydrogens (tertiary/aromatic N) is 1. The molecule has 0 aliphatic rings. The summed E-state index contributed by atoms with van der Waals surface area (Å²) in [7, 11) is 0. The zero-order valence-electron chi connectivity index (χ0n) is 40.5. The fourth-order valence-electron chi connectivity index (χ4n) is 11.0. The molecule has 0 aliphatic carbocycles. The van der Waals surface area contributed by atoms with E-state index in [1.807, 2.05) is 11.3 Å². The van der Waals surface area contributed by atoms with Gasteiger partial charge < -0.3 is 4.57 Å². The van der Waals surface area contributed by atoms with Gasteiger partial charge in [0, 0.05) is 36.6 Å². The average Bonchev–Trinajstić information content (AvgIpc) is 4.02. The summed E-state index contributed by atoms with van der Waals surface area (Å²) in [6.45, 7) is 0. The molecule has 14 rings (SSSR count). The van der Waals surface area contributed by atoms with E-state index in [-0.39, 0.29) is 0 Å². The van der Waals surface area contributed by atoms with E-state index < -0.39 is 0 Å². The standard InChI is InChI=1S/C72H47NS/c1-3-15-48(16-4-1)50-19-9-20-51(39-50)52-21-10-22-53(40-52)54-23-11-24-55(41-54)56-25-12-26-57(42-56)58-27-13-28-59(43-58)62-33-36-70-66(45-62)65-31-7-8-32-69(65)73(70)64-30-14-29-60(44-64)63-35-38-72-68(47-63)67-46-61(34-37-71(67)74-72)49-17-5-2-6-18-49/h1-47H. The highest BCUT2D eigenvalue weighted by Gasteiger charge is 2.16. The Balaban J connectivity index is 0.764. The van der Waals surface area contributed by atoms with Crippen molar-refractivity contribution in [1.29, 1.82) is 0 Å². The molecule has 2 heterocycles. The van der Waals surface area contributed by atoms with Crippen molar-refractivity contribution in [1.82, 2.24) is 4.57 Å². The van der Waals surface area contributed by atoms with Gasteiger partial charge in [-0.3, -0.25) is 0 Å². The third-order valence-electron chi connectivity index (χ3n) is 14.8. The van der Waals surface area contributed by atoms with Gasteiger partial charge >= 0.3 is 0 Å². The maximum atomic E-state index is 2.43. The smallest absolute Gasteiger partial charge is 0.0541 e. The van der Waals surface area contributed by atoms with Crippen LogP contribution in [0.2, 0.25) is 0 Å². The summed E-state index contributed by atoms with van der Waals surface area (Å²) >= 11 is 1.87. The molecule has 12 aromatic carbocycles. The van der Waals surface area contributed by atoms with E-state index in [0.717, 1.165) is 5.69 Å². The fourth-order valence-corrected chi connectivity index (χ4v) is 12.1. The molecule has 0 spiro atoms. The molecule has 0 N–H and O–H groups in total. The third-order valence-corrected chi connectivity index (χ3v) is 15.9. The Hall–Kier alpha value is -9.34. The van der Waals surface area contributed by atoms with E-state index in [2.05, 4.69) is 290 Å². The third kappa shape index (κ3) is 7.99. The lowest BCUT2D eigenvalue weighted by molar-refractivity contribution is 1.18. The largest absolute Gasteiger partial charge is 0.309 e. The number of para-hydroxylation sites is 1. The van der Waals surface area contributed by atoms with Crippen LogP contribution in [0, 0.1) is 0 Å². The monoisotopic (exact) mass is 957 g/mol. The molecule has 0 bridgehead atoms. The maximum absolute atomic E-state index is 2.43. The van der Waals surface area contributed by atoms with Crippen LogP contribution in [0.3, 0.4) is 0 Å². The SMILES string of the molecule is c1ccc(-c2cccc(-c3cccc(-c4cccc(-c5cccc(-c6cccc(-c7ccc8c(c7)c7ccccc7n8-c7cccc(-c8ccc9sc%10ccc(-c%11ccccc%11)cc%10c9c8)c7)c6)c5)c4)c3)c2)cc1. The van der Waals surface area contributed by atoms with Gasteiger partial charge in [0.25, 0.3) is 0 Å². The highest BCUT2D eigenvalue weighted by atomic mass is 32.1. The average molecular weight is 958 g/mol. The zero-order valence-corrected chi connectivity index (χ0v) is 41.3. The van der Waals surface area contributed by atoms with Gasteiger partial charge in [-0.2, -0.15) is 0 Å². The Morgan fingerprint density at radius 2 is 0.500 bits per heavy atom. The fraction of sp³-hybridized carbons (Fsp3) is 0. The molecule has 0 atom stereocenters. The summed E-state index contributed by atoms with van der Waals surface area (Å²) in [6, 6.07) is 105. The van der Waals surface area contributed by atoms with Gasteiger partial charge in [0.2, 0.25) is 0 Å². The first-order valence-corrected chi connectivity index (χ1v) is 26.2. The van der Waals surface area contributed by atoms with Crippen LogP contribution in [0.25, 0.3) is 137 Å². The second kappa shape index (κ2) is 18.4. The van der Waals surface area contributed by atoms with Crippen molar-refractivity contribution in [3.8, 4) is 94.7 Å². The maximum Gasteiger partial charge on any atom is 0.0541 e. The summed E-state index contributed by atoms with van der Waals surface area (Å²) in [6.07, 6.45) is 0. The molecule has 0 unspecified atom stereocenters. The molecule has 2 aromatic heterocycles. The van der Waals surface area contributed by atoms with Crippen LogP contribution in [0.5, 0.6) is 0 Å². The van der Waals surface area contributed by atoms with E-state index in [0.29, 0.717) is 0 Å². The molecular formula is C72H47NS. The second-order valence-corrected chi connectivity index (χ2v) is 20.4. The van der Waals surface area contributed by atoms with Crippen molar-refractivity contribution in [2.24, 2.45) is 0 Å². The van der Waals surface area contributed by atoms with E-state index >= 15 is 0 Å². The Morgan fingerprint density at radius 1 is 0.189 bits per heavy atom. The summed E-state index contributed by atoms with van der Waals surface area (Å²) in [5, 5.41) is 5.09. The normalized spacial score (nSPS) is 11.5. The molecule has 0 amide bonds. The van der Waals surface area contributed by atoms with Gasteiger partial charge in [-0.1, -0.05) is 200 Å². The topological polar surface area (TPSA) is 4.93 Å². The number of thiophene rings is 1. The first-order chi connectivity index (χ1) is 36.6. The number of fused-ring (bicyclic) bond motifs is 6. The number of hydrogen-bond donors (Lipinski definition) is 0. The van der Waals surface area contributed by atoms with Crippen LogP contribution in [0.15, 0.2) is 285 Å². The Kier molecular flexibility index (Phi) is 10.8. The molecule has 0 saturated carbocycles. The molecule has 74 heavy (non-hydrogen) atoms. The van der Waals surface area contributed by atoms with E-state index in [4.69, 9.17) is 0 Å². The van der Waals surface area contributed by atoms with Gasteiger partial charge in [-0.25, -0.2) is 0 Å². The van der Waals surface area contributed by atoms with Crippen LogP contribution in [0.4, 0.5) is 0 Å². The molecule has 14 aromatic rings. The van der Waals surface area contributed by atoms with Crippen LogP contribution < -0.4 is 0 Å². The molecule has 0 radical (unpaired) electrons. The zero-order chi connectivity index (χ0) is 49.0. The van der Waals surface area contributed by atoms with Gasteiger partial charge in [0.15, 0.2) is 0 Å². The van der Waals surface area contributed by atoms with Crippen molar-refractivity contribution in [2.45, 2.75) is 0 Å². The molecule has 0 fully saturated rings. The molecule has 2 heteroatoms. The number of hydrogen-bond acceptors (Lipinski definition) is 1. The summed E-state index contributed by atoms with van der Waals surface area (Å²) in [4.78, 5) is 0. The molecule has 1 nitrogen and oxygen atoms in total. The van der Waals surface area contributed by atoms with E-state index in [1.54, 1.807) is 0 Å². The Bertz CT molecular complexity index is 4420. The lowest BCUT2D eigenvalue weighted by atomic mass is 9.93. The predicted octanol–water partition coefficient (Wildman–Crippen LogP) is 20.5. The van der Waals surface area contributed by atoms with Crippen LogP contribution in [0.1, 0.15) is 0 Å². The van der Waals surface area contributed by atoms with Gasteiger partial charge in [0.05, 0.1) is 11.0 Å². The molecule has 0 aliphatic heterocycles. The van der Waals surface area contributed by atoms with Gasteiger partial charge in [0.1, 0.15) is 0 Å². The van der Waals surface area contributed by atoms with Crippen LogP contribution in [-0.4, -0.2) is 4.57 Å². The predicted molar refractivity (Wildman–Crippen MR) is 317 cm³/mol. The number of aromatic nitrogens is 1. The molecular weight excluding hydrogens is 911 g/mol. The minimum atomic E-state index is 1.15. The van der Waals surface area contributed by atoms with Crippen molar-refractivity contribution >= 4 is 53.3 Å². The lowest BCUT2D eigenvalue weighted by Gasteiger charge is -2.12. The highest BCUT2D eigenvalue weighted by molar-refractivity contribution is 7.25. The minimum Gasteiger partial charge on any atom is -0.309 e. The lowest BCUT2D eigenvalue weighted by Crippen LogP contribution is -1.94. The van der Waals surface area contributed by atoms with Gasteiger partial charge in [-0.15, -0.1) is 11.3 Å². The quantitative estimate of drug-likeness (QED) is 0.136. The number of benzene rings is 12. The van der Waals surface area contributed by atoms with E-state index in [1.165, 1.54) is 131 Å². The van der Waals surface area contributed by atoms with Crippen molar-refractivity contribution in [3.05, 3.63) is 285 Å². The van der Waals surface area contributed by atoms with Crippen molar-refractivity contribution < 1.29 is 0 Å².